The van der Waals surface area contributed by atoms with Gasteiger partial charge in [-0.3, -0.25) is 9.78 Å². The number of ketones is 1. The zero-order valence-corrected chi connectivity index (χ0v) is 11.9. The summed E-state index contributed by atoms with van der Waals surface area (Å²) in [6, 6.07) is 10.9. The number of benzene rings is 1. The van der Waals surface area contributed by atoms with Crippen LogP contribution in [0.1, 0.15) is 21.8 Å². The standard InChI is InChI=1S/C17H13N3O2/c1-22-12-4-5-16-13(7-12)15(10-20-16)14(8-18)17(21)11-3-2-6-19-9-11/h2-7,9-10,14,20H,1H3. The van der Waals surface area contributed by atoms with Crippen molar-refractivity contribution in [3.05, 3.63) is 60.0 Å². The number of fused-ring (bicyclic) bond motifs is 1. The number of carbonyl (C=O) groups is 1. The number of pyridine rings is 1. The van der Waals surface area contributed by atoms with E-state index >= 15 is 0 Å². The molecule has 1 atom stereocenters. The summed E-state index contributed by atoms with van der Waals surface area (Å²) in [4.78, 5) is 19.6. The van der Waals surface area contributed by atoms with Crippen molar-refractivity contribution >= 4 is 16.7 Å². The van der Waals surface area contributed by atoms with Crippen LogP contribution < -0.4 is 4.74 Å². The highest BCUT2D eigenvalue weighted by Crippen LogP contribution is 2.30. The van der Waals surface area contributed by atoms with Crippen molar-refractivity contribution in [1.29, 1.82) is 5.26 Å². The van der Waals surface area contributed by atoms with Gasteiger partial charge in [0.05, 0.1) is 13.2 Å². The predicted molar refractivity (Wildman–Crippen MR) is 81.8 cm³/mol. The lowest BCUT2D eigenvalue weighted by molar-refractivity contribution is 0.0979. The number of carbonyl (C=O) groups excluding carboxylic acids is 1. The molecule has 0 aliphatic carbocycles. The minimum absolute atomic E-state index is 0.265. The van der Waals surface area contributed by atoms with E-state index in [1.54, 1.807) is 31.6 Å². The van der Waals surface area contributed by atoms with Crippen LogP contribution in [0.5, 0.6) is 5.75 Å². The van der Waals surface area contributed by atoms with Crippen molar-refractivity contribution in [3.8, 4) is 11.8 Å². The zero-order chi connectivity index (χ0) is 15.5. The number of hydrogen-bond donors (Lipinski definition) is 1. The minimum Gasteiger partial charge on any atom is -0.497 e. The third-order valence-electron chi connectivity index (χ3n) is 3.57. The van der Waals surface area contributed by atoms with Crippen LogP contribution in [0.15, 0.2) is 48.9 Å². The van der Waals surface area contributed by atoms with Crippen LogP contribution in [0.4, 0.5) is 0 Å². The lowest BCUT2D eigenvalue weighted by Gasteiger charge is -2.08. The molecule has 1 N–H and O–H groups in total. The van der Waals surface area contributed by atoms with Gasteiger partial charge in [-0.1, -0.05) is 0 Å². The first-order valence-corrected chi connectivity index (χ1v) is 6.73. The van der Waals surface area contributed by atoms with Crippen molar-refractivity contribution in [2.45, 2.75) is 5.92 Å². The van der Waals surface area contributed by atoms with Crippen LogP contribution in [0.2, 0.25) is 0 Å². The molecule has 0 saturated carbocycles. The van der Waals surface area contributed by atoms with E-state index in [-0.39, 0.29) is 5.78 Å². The summed E-state index contributed by atoms with van der Waals surface area (Å²) in [6.45, 7) is 0. The van der Waals surface area contributed by atoms with Crippen molar-refractivity contribution in [2.75, 3.05) is 7.11 Å². The number of hydrogen-bond acceptors (Lipinski definition) is 4. The normalized spacial score (nSPS) is 11.8. The Kier molecular flexibility index (Phi) is 3.58. The minimum atomic E-state index is -0.884. The van der Waals surface area contributed by atoms with Crippen LogP contribution in [0.3, 0.4) is 0 Å². The zero-order valence-electron chi connectivity index (χ0n) is 11.9. The van der Waals surface area contributed by atoms with Crippen LogP contribution in [0, 0.1) is 11.3 Å². The Morgan fingerprint density at radius 2 is 2.27 bits per heavy atom. The van der Waals surface area contributed by atoms with E-state index < -0.39 is 5.92 Å². The maximum Gasteiger partial charge on any atom is 0.186 e. The summed E-state index contributed by atoms with van der Waals surface area (Å²) < 4.78 is 5.21. The molecule has 0 saturated heterocycles. The van der Waals surface area contributed by atoms with Crippen molar-refractivity contribution in [1.82, 2.24) is 9.97 Å². The van der Waals surface area contributed by atoms with E-state index in [1.165, 1.54) is 6.20 Å². The summed E-state index contributed by atoms with van der Waals surface area (Å²) in [6.07, 6.45) is 4.77. The van der Waals surface area contributed by atoms with Gasteiger partial charge in [0.25, 0.3) is 0 Å². The fourth-order valence-electron chi connectivity index (χ4n) is 2.43. The Labute approximate surface area is 127 Å². The van der Waals surface area contributed by atoms with Gasteiger partial charge >= 0.3 is 0 Å². The molecule has 1 aromatic carbocycles. The van der Waals surface area contributed by atoms with Crippen molar-refractivity contribution in [3.63, 3.8) is 0 Å². The number of nitriles is 1. The number of aromatic amines is 1. The molecule has 108 valence electrons. The summed E-state index contributed by atoms with van der Waals surface area (Å²) in [5.74, 6) is -0.469. The summed E-state index contributed by atoms with van der Waals surface area (Å²) in [7, 11) is 1.58. The predicted octanol–water partition coefficient (Wildman–Crippen LogP) is 3.06. The first-order valence-electron chi connectivity index (χ1n) is 6.73. The van der Waals surface area contributed by atoms with Gasteiger partial charge in [-0.2, -0.15) is 5.26 Å². The van der Waals surface area contributed by atoms with Crippen LogP contribution >= 0.6 is 0 Å². The molecule has 0 spiro atoms. The monoisotopic (exact) mass is 291 g/mol. The summed E-state index contributed by atoms with van der Waals surface area (Å²) in [5.41, 5.74) is 1.92. The van der Waals surface area contributed by atoms with Crippen LogP contribution in [-0.4, -0.2) is 22.9 Å². The van der Waals surface area contributed by atoms with E-state index in [4.69, 9.17) is 4.74 Å². The molecular formula is C17H13N3O2. The maximum atomic E-state index is 12.6. The lowest BCUT2D eigenvalue weighted by atomic mass is 9.92. The highest BCUT2D eigenvalue weighted by atomic mass is 16.5. The lowest BCUT2D eigenvalue weighted by Crippen LogP contribution is -2.11. The number of nitrogens with one attached hydrogen (secondary N) is 1. The van der Waals surface area contributed by atoms with Crippen molar-refractivity contribution < 1.29 is 9.53 Å². The van der Waals surface area contributed by atoms with Gasteiger partial charge in [0.1, 0.15) is 11.7 Å². The Morgan fingerprint density at radius 1 is 1.41 bits per heavy atom. The van der Waals surface area contributed by atoms with Gasteiger partial charge in [-0.05, 0) is 30.3 Å². The second kappa shape index (κ2) is 5.70. The molecule has 5 nitrogen and oxygen atoms in total. The molecule has 5 heteroatoms. The van der Waals surface area contributed by atoms with E-state index in [9.17, 15) is 10.1 Å². The van der Waals surface area contributed by atoms with E-state index in [2.05, 4.69) is 16.0 Å². The van der Waals surface area contributed by atoms with Gasteiger partial charge < -0.3 is 9.72 Å². The smallest absolute Gasteiger partial charge is 0.186 e. The molecule has 0 aliphatic rings. The topological polar surface area (TPSA) is 78.8 Å². The first-order chi connectivity index (χ1) is 10.7. The highest BCUT2D eigenvalue weighted by molar-refractivity contribution is 6.05. The molecule has 3 rings (SSSR count). The number of nitrogens with zero attached hydrogens (tertiary/aromatic N) is 2. The van der Waals surface area contributed by atoms with Gasteiger partial charge in [-0.25, -0.2) is 0 Å². The maximum absolute atomic E-state index is 12.6. The first kappa shape index (κ1) is 13.8. The second-order valence-electron chi connectivity index (χ2n) is 4.82. The highest BCUT2D eigenvalue weighted by Gasteiger charge is 2.24. The van der Waals surface area contributed by atoms with Gasteiger partial charge in [-0.15, -0.1) is 0 Å². The van der Waals surface area contributed by atoms with Crippen LogP contribution in [0.25, 0.3) is 10.9 Å². The van der Waals surface area contributed by atoms with Gasteiger partial charge in [0.15, 0.2) is 5.78 Å². The molecule has 2 aromatic heterocycles. The molecule has 0 amide bonds. The molecule has 3 aromatic rings. The number of H-pyrrole nitrogens is 1. The third-order valence-corrected chi connectivity index (χ3v) is 3.57. The molecule has 2 heterocycles. The van der Waals surface area contributed by atoms with E-state index in [0.717, 1.165) is 10.9 Å². The number of rotatable bonds is 4. The molecular weight excluding hydrogens is 278 g/mol. The van der Waals surface area contributed by atoms with Crippen LogP contribution in [-0.2, 0) is 0 Å². The summed E-state index contributed by atoms with van der Waals surface area (Å²) in [5, 5.41) is 10.3. The van der Waals surface area contributed by atoms with Gasteiger partial charge in [0.2, 0.25) is 0 Å². The Bertz CT molecular complexity index is 862. The molecule has 0 radical (unpaired) electrons. The average molecular weight is 291 g/mol. The third kappa shape index (κ3) is 2.31. The van der Waals surface area contributed by atoms with Crippen molar-refractivity contribution in [2.24, 2.45) is 0 Å². The Balaban J connectivity index is 2.08. The Morgan fingerprint density at radius 3 is 2.95 bits per heavy atom. The number of methoxy groups -OCH3 is 1. The van der Waals surface area contributed by atoms with E-state index in [1.807, 2.05) is 18.2 Å². The van der Waals surface area contributed by atoms with E-state index in [0.29, 0.717) is 16.9 Å². The molecule has 0 fully saturated rings. The number of ether oxygens (including phenoxy) is 1. The quantitative estimate of drug-likeness (QED) is 0.749. The summed E-state index contributed by atoms with van der Waals surface area (Å²) >= 11 is 0. The molecule has 1 unspecified atom stereocenters. The molecule has 22 heavy (non-hydrogen) atoms. The number of Topliss-reactive ketones (excluding diaryl/α,β-unsaturated/α-hetero) is 1. The molecule has 0 bridgehead atoms. The second-order valence-corrected chi connectivity index (χ2v) is 4.82. The number of aromatic nitrogens is 2. The average Bonchev–Trinajstić information content (AvgIpc) is 2.99. The SMILES string of the molecule is COc1ccc2[nH]cc(C(C#N)C(=O)c3cccnc3)c2c1. The van der Waals surface area contributed by atoms with Gasteiger partial charge in [0, 0.05) is 40.6 Å². The fraction of sp³-hybridized carbons (Fsp3) is 0.118. The fourth-order valence-corrected chi connectivity index (χ4v) is 2.43. The molecule has 0 aliphatic heterocycles. The largest absolute Gasteiger partial charge is 0.497 e. The Hall–Kier alpha value is -3.13.